The highest BCUT2D eigenvalue weighted by molar-refractivity contribution is 6.32. The lowest BCUT2D eigenvalue weighted by Crippen LogP contribution is -2.01. The Labute approximate surface area is 180 Å². The van der Waals surface area contributed by atoms with Gasteiger partial charge in [-0.15, -0.1) is 0 Å². The molecule has 0 atom stereocenters. The molecule has 0 amide bonds. The van der Waals surface area contributed by atoms with E-state index in [1.165, 1.54) is 6.08 Å². The molecule has 0 spiro atoms. The molecule has 3 aromatic rings. The summed E-state index contributed by atoms with van der Waals surface area (Å²) in [5.74, 6) is 0.915. The van der Waals surface area contributed by atoms with Crippen LogP contribution in [0.5, 0.6) is 11.5 Å². The van der Waals surface area contributed by atoms with Crippen LogP contribution in [0.4, 0.5) is 0 Å². The number of carbonyl (C=O) groups excluding carboxylic acids is 1. The molecule has 5 heteroatoms. The van der Waals surface area contributed by atoms with Gasteiger partial charge in [0.05, 0.1) is 11.6 Å². The fraction of sp³-hybridized carbons (Fsp3) is 0.125. The van der Waals surface area contributed by atoms with Crippen molar-refractivity contribution in [2.45, 2.75) is 13.5 Å². The molecule has 0 saturated heterocycles. The average Bonchev–Trinajstić information content (AvgIpc) is 2.73. The molecular weight excluding hydrogens is 407 g/mol. The smallest absolute Gasteiger partial charge is 0.185 e. The van der Waals surface area contributed by atoms with E-state index < -0.39 is 0 Å². The molecule has 148 valence electrons. The van der Waals surface area contributed by atoms with Gasteiger partial charge in [-0.1, -0.05) is 71.7 Å². The zero-order valence-corrected chi connectivity index (χ0v) is 17.4. The standard InChI is InChI=1S/C24H20Cl2O3/c1-2-28-23-15-18(10-13-22(27)19-6-4-3-5-7-19)14-21(26)24(23)29-16-17-8-11-20(25)12-9-17/h3-15H,2,16H2,1H3/b13-10+. The lowest BCUT2D eigenvalue weighted by molar-refractivity contribution is 0.104. The van der Waals surface area contributed by atoms with Gasteiger partial charge in [-0.2, -0.15) is 0 Å². The van der Waals surface area contributed by atoms with Gasteiger partial charge < -0.3 is 9.47 Å². The lowest BCUT2D eigenvalue weighted by atomic mass is 10.1. The van der Waals surface area contributed by atoms with Gasteiger partial charge in [0.1, 0.15) is 6.61 Å². The fourth-order valence-electron chi connectivity index (χ4n) is 2.69. The van der Waals surface area contributed by atoms with Gasteiger partial charge in [-0.3, -0.25) is 4.79 Å². The Morgan fingerprint density at radius 1 is 0.966 bits per heavy atom. The number of ketones is 1. The predicted molar refractivity (Wildman–Crippen MR) is 118 cm³/mol. The van der Waals surface area contributed by atoms with E-state index in [0.717, 1.165) is 11.1 Å². The van der Waals surface area contributed by atoms with Gasteiger partial charge in [0.25, 0.3) is 0 Å². The van der Waals surface area contributed by atoms with Crippen molar-refractivity contribution >= 4 is 35.1 Å². The third kappa shape index (κ3) is 5.86. The topological polar surface area (TPSA) is 35.5 Å². The van der Waals surface area contributed by atoms with Crippen LogP contribution in [0.1, 0.15) is 28.4 Å². The monoisotopic (exact) mass is 426 g/mol. The molecule has 0 saturated carbocycles. The number of carbonyl (C=O) groups is 1. The highest BCUT2D eigenvalue weighted by Crippen LogP contribution is 2.37. The number of hydrogen-bond acceptors (Lipinski definition) is 3. The van der Waals surface area contributed by atoms with Crippen molar-refractivity contribution in [1.29, 1.82) is 0 Å². The normalized spacial score (nSPS) is 10.9. The van der Waals surface area contributed by atoms with Crippen LogP contribution in [-0.2, 0) is 6.61 Å². The van der Waals surface area contributed by atoms with Crippen molar-refractivity contribution in [3.8, 4) is 11.5 Å². The molecule has 3 aromatic carbocycles. The zero-order chi connectivity index (χ0) is 20.6. The van der Waals surface area contributed by atoms with Gasteiger partial charge in [-0.25, -0.2) is 0 Å². The first-order valence-corrected chi connectivity index (χ1v) is 9.93. The van der Waals surface area contributed by atoms with E-state index in [1.54, 1.807) is 30.3 Å². The van der Waals surface area contributed by atoms with E-state index in [9.17, 15) is 4.79 Å². The van der Waals surface area contributed by atoms with Crippen molar-refractivity contribution in [3.05, 3.63) is 99.5 Å². The SMILES string of the molecule is CCOc1cc(/C=C/C(=O)c2ccccc2)cc(Cl)c1OCc1ccc(Cl)cc1. The van der Waals surface area contributed by atoms with Crippen molar-refractivity contribution in [1.82, 2.24) is 0 Å². The van der Waals surface area contributed by atoms with Crippen LogP contribution in [0.3, 0.4) is 0 Å². The van der Waals surface area contributed by atoms with E-state index in [-0.39, 0.29) is 5.78 Å². The largest absolute Gasteiger partial charge is 0.490 e. The van der Waals surface area contributed by atoms with E-state index in [1.807, 2.05) is 49.4 Å². The molecule has 0 aliphatic heterocycles. The maximum Gasteiger partial charge on any atom is 0.185 e. The van der Waals surface area contributed by atoms with Gasteiger partial charge >= 0.3 is 0 Å². The van der Waals surface area contributed by atoms with Crippen LogP contribution in [0, 0.1) is 0 Å². The summed E-state index contributed by atoms with van der Waals surface area (Å²) in [4.78, 5) is 12.3. The maximum atomic E-state index is 12.3. The molecule has 0 fully saturated rings. The van der Waals surface area contributed by atoms with E-state index >= 15 is 0 Å². The number of ether oxygens (including phenoxy) is 2. The van der Waals surface area contributed by atoms with Crippen LogP contribution in [0.25, 0.3) is 6.08 Å². The molecule has 3 rings (SSSR count). The van der Waals surface area contributed by atoms with Gasteiger partial charge in [0, 0.05) is 10.6 Å². The summed E-state index contributed by atoms with van der Waals surface area (Å²) in [6.07, 6.45) is 3.23. The number of benzene rings is 3. The summed E-state index contributed by atoms with van der Waals surface area (Å²) in [5.41, 5.74) is 2.34. The number of hydrogen-bond donors (Lipinski definition) is 0. The van der Waals surface area contributed by atoms with Crippen LogP contribution in [0.2, 0.25) is 10.0 Å². The first kappa shape index (κ1) is 21.0. The van der Waals surface area contributed by atoms with Crippen molar-refractivity contribution in [2.75, 3.05) is 6.61 Å². The summed E-state index contributed by atoms with van der Waals surface area (Å²) >= 11 is 12.4. The first-order chi connectivity index (χ1) is 14.1. The van der Waals surface area contributed by atoms with Gasteiger partial charge in [0.2, 0.25) is 0 Å². The summed E-state index contributed by atoms with van der Waals surface area (Å²) in [6.45, 7) is 2.68. The molecular formula is C24H20Cl2O3. The van der Waals surface area contributed by atoms with Crippen molar-refractivity contribution < 1.29 is 14.3 Å². The van der Waals surface area contributed by atoms with Crippen molar-refractivity contribution in [3.63, 3.8) is 0 Å². The first-order valence-electron chi connectivity index (χ1n) is 9.18. The minimum Gasteiger partial charge on any atom is -0.490 e. The Kier molecular flexibility index (Phi) is 7.34. The van der Waals surface area contributed by atoms with Crippen LogP contribution >= 0.6 is 23.2 Å². The Morgan fingerprint density at radius 3 is 2.38 bits per heavy atom. The molecule has 0 N–H and O–H groups in total. The predicted octanol–water partition coefficient (Wildman–Crippen LogP) is 6.87. The molecule has 0 unspecified atom stereocenters. The van der Waals surface area contributed by atoms with Crippen molar-refractivity contribution in [2.24, 2.45) is 0 Å². The summed E-state index contributed by atoms with van der Waals surface area (Å²) in [6, 6.07) is 20.0. The van der Waals surface area contributed by atoms with E-state index in [4.69, 9.17) is 32.7 Å². The summed E-state index contributed by atoms with van der Waals surface area (Å²) in [7, 11) is 0. The summed E-state index contributed by atoms with van der Waals surface area (Å²) < 4.78 is 11.6. The lowest BCUT2D eigenvalue weighted by Gasteiger charge is -2.14. The average molecular weight is 427 g/mol. The van der Waals surface area contributed by atoms with Crippen LogP contribution in [-0.4, -0.2) is 12.4 Å². The molecule has 29 heavy (non-hydrogen) atoms. The summed E-state index contributed by atoms with van der Waals surface area (Å²) in [5, 5.41) is 1.08. The quantitative estimate of drug-likeness (QED) is 0.291. The molecule has 0 heterocycles. The van der Waals surface area contributed by atoms with Crippen LogP contribution in [0.15, 0.2) is 72.8 Å². The molecule has 0 aliphatic rings. The molecule has 0 bridgehead atoms. The minimum atomic E-state index is -0.0808. The number of halogens is 2. The number of rotatable bonds is 8. The second-order valence-corrected chi connectivity index (χ2v) is 7.09. The third-order valence-corrected chi connectivity index (χ3v) is 4.65. The highest BCUT2D eigenvalue weighted by Gasteiger charge is 2.12. The fourth-order valence-corrected chi connectivity index (χ4v) is 3.09. The molecule has 3 nitrogen and oxygen atoms in total. The van der Waals surface area contributed by atoms with E-state index in [0.29, 0.717) is 40.3 Å². The zero-order valence-electron chi connectivity index (χ0n) is 15.9. The Balaban J connectivity index is 1.79. The Bertz CT molecular complexity index is 997. The second-order valence-electron chi connectivity index (χ2n) is 6.24. The Morgan fingerprint density at radius 2 is 1.69 bits per heavy atom. The van der Waals surface area contributed by atoms with Crippen LogP contribution < -0.4 is 9.47 Å². The minimum absolute atomic E-state index is 0.0808. The molecule has 0 aliphatic carbocycles. The van der Waals surface area contributed by atoms with Gasteiger partial charge in [-0.05, 0) is 48.4 Å². The molecule has 0 aromatic heterocycles. The Hall–Kier alpha value is -2.75. The van der Waals surface area contributed by atoms with E-state index in [2.05, 4.69) is 0 Å². The second kappa shape index (κ2) is 10.1. The number of allylic oxidation sites excluding steroid dienone is 1. The highest BCUT2D eigenvalue weighted by atomic mass is 35.5. The van der Waals surface area contributed by atoms with Gasteiger partial charge in [0.15, 0.2) is 17.3 Å². The third-order valence-electron chi connectivity index (χ3n) is 4.11. The maximum absolute atomic E-state index is 12.3. The molecule has 0 radical (unpaired) electrons.